The minimum absolute atomic E-state index is 0.313. The molecule has 0 aliphatic rings. The lowest BCUT2D eigenvalue weighted by Gasteiger charge is -2.21. The predicted molar refractivity (Wildman–Crippen MR) is 64.5 cm³/mol. The second-order valence-corrected chi connectivity index (χ2v) is 4.01. The van der Waals surface area contributed by atoms with E-state index in [2.05, 4.69) is 5.32 Å². The van der Waals surface area contributed by atoms with Gasteiger partial charge in [-0.1, -0.05) is 0 Å². The maximum absolute atomic E-state index is 9.62. The van der Waals surface area contributed by atoms with E-state index in [0.717, 1.165) is 11.5 Å². The van der Waals surface area contributed by atoms with E-state index >= 15 is 0 Å². The normalized spacial score (nSPS) is 14.6. The molecule has 2 heterocycles. The zero-order valence-electron chi connectivity index (χ0n) is 10.2. The molecule has 2 N–H and O–H groups in total. The Hall–Kier alpha value is -1.56. The van der Waals surface area contributed by atoms with Gasteiger partial charge in [0.15, 0.2) is 0 Å². The lowest BCUT2D eigenvalue weighted by molar-refractivity contribution is -0.0629. The summed E-state index contributed by atoms with van der Waals surface area (Å²) >= 11 is 0. The number of hydrogen-bond donors (Lipinski definition) is 2. The van der Waals surface area contributed by atoms with Gasteiger partial charge in [-0.2, -0.15) is 0 Å². The van der Waals surface area contributed by atoms with Crippen molar-refractivity contribution < 1.29 is 18.7 Å². The number of furan rings is 2. The molecule has 0 spiro atoms. The van der Waals surface area contributed by atoms with Gasteiger partial charge in [0.1, 0.15) is 24.4 Å². The van der Waals surface area contributed by atoms with Crippen LogP contribution in [-0.4, -0.2) is 17.4 Å². The molecule has 0 aliphatic carbocycles. The fourth-order valence-electron chi connectivity index (χ4n) is 1.55. The molecule has 0 aliphatic heterocycles. The Morgan fingerprint density at radius 3 is 2.44 bits per heavy atom. The molecule has 0 bridgehead atoms. The quantitative estimate of drug-likeness (QED) is 0.735. The summed E-state index contributed by atoms with van der Waals surface area (Å²) < 4.78 is 15.9. The number of aliphatic hydroxyl groups is 1. The Balaban J connectivity index is 1.80. The lowest BCUT2D eigenvalue weighted by atomic mass is 10.3. The van der Waals surface area contributed by atoms with E-state index in [0.29, 0.717) is 13.2 Å². The number of nitrogens with one attached hydrogen (secondary N) is 1. The molecule has 0 amide bonds. The van der Waals surface area contributed by atoms with Gasteiger partial charge in [0.05, 0.1) is 25.2 Å². The van der Waals surface area contributed by atoms with Crippen LogP contribution in [0.3, 0.4) is 0 Å². The standard InChI is InChI=1S/C13H17NO4/c1-10(15)13(14-8-11-4-2-6-16-11)18-9-12-5-3-7-17-12/h2-7,10,13-15H,8-9H2,1H3. The van der Waals surface area contributed by atoms with E-state index in [-0.39, 0.29) is 0 Å². The second-order valence-electron chi connectivity index (χ2n) is 4.01. The molecule has 98 valence electrons. The van der Waals surface area contributed by atoms with Crippen LogP contribution in [0.25, 0.3) is 0 Å². The predicted octanol–water partition coefficient (Wildman–Crippen LogP) is 1.89. The van der Waals surface area contributed by atoms with Crippen LogP contribution in [0, 0.1) is 0 Å². The topological polar surface area (TPSA) is 67.8 Å². The molecule has 2 unspecified atom stereocenters. The van der Waals surface area contributed by atoms with Gasteiger partial charge >= 0.3 is 0 Å². The van der Waals surface area contributed by atoms with Crippen molar-refractivity contribution in [1.29, 1.82) is 0 Å². The summed E-state index contributed by atoms with van der Waals surface area (Å²) in [7, 11) is 0. The summed E-state index contributed by atoms with van der Waals surface area (Å²) in [4.78, 5) is 0. The minimum atomic E-state index is -0.630. The summed E-state index contributed by atoms with van der Waals surface area (Å²) in [6, 6.07) is 7.30. The number of rotatable bonds is 7. The average molecular weight is 251 g/mol. The first kappa shape index (κ1) is 12.9. The first-order valence-corrected chi connectivity index (χ1v) is 5.83. The number of aliphatic hydroxyl groups excluding tert-OH is 1. The van der Waals surface area contributed by atoms with Gasteiger partial charge in [0, 0.05) is 0 Å². The molecular weight excluding hydrogens is 234 g/mol. The third kappa shape index (κ3) is 3.73. The average Bonchev–Trinajstić information content (AvgIpc) is 3.00. The lowest BCUT2D eigenvalue weighted by Crippen LogP contribution is -2.40. The van der Waals surface area contributed by atoms with E-state index in [1.165, 1.54) is 0 Å². The Bertz CT molecular complexity index is 384. The van der Waals surface area contributed by atoms with Gasteiger partial charge in [0.25, 0.3) is 0 Å². The van der Waals surface area contributed by atoms with Gasteiger partial charge in [-0.3, -0.25) is 5.32 Å². The first-order chi connectivity index (χ1) is 8.75. The van der Waals surface area contributed by atoms with Gasteiger partial charge in [0.2, 0.25) is 0 Å². The fourth-order valence-corrected chi connectivity index (χ4v) is 1.55. The van der Waals surface area contributed by atoms with Crippen LogP contribution in [-0.2, 0) is 17.9 Å². The zero-order valence-corrected chi connectivity index (χ0v) is 10.2. The van der Waals surface area contributed by atoms with Crippen LogP contribution in [0.15, 0.2) is 45.6 Å². The maximum atomic E-state index is 9.62. The summed E-state index contributed by atoms with van der Waals surface area (Å²) in [6.45, 7) is 2.48. The minimum Gasteiger partial charge on any atom is -0.468 e. The highest BCUT2D eigenvalue weighted by atomic mass is 16.5. The Morgan fingerprint density at radius 1 is 1.22 bits per heavy atom. The van der Waals surface area contributed by atoms with E-state index in [1.54, 1.807) is 25.5 Å². The van der Waals surface area contributed by atoms with E-state index in [1.807, 2.05) is 18.2 Å². The second kappa shape index (κ2) is 6.39. The van der Waals surface area contributed by atoms with Crippen molar-refractivity contribution in [1.82, 2.24) is 5.32 Å². The van der Waals surface area contributed by atoms with Gasteiger partial charge in [-0.25, -0.2) is 0 Å². The van der Waals surface area contributed by atoms with E-state index < -0.39 is 12.3 Å². The number of hydrogen-bond acceptors (Lipinski definition) is 5. The highest BCUT2D eigenvalue weighted by molar-refractivity contribution is 4.98. The highest BCUT2D eigenvalue weighted by Crippen LogP contribution is 2.07. The summed E-state index contributed by atoms with van der Waals surface area (Å²) in [5.41, 5.74) is 0. The van der Waals surface area contributed by atoms with E-state index in [9.17, 15) is 5.11 Å². The summed E-state index contributed by atoms with van der Waals surface area (Å²) in [5, 5.41) is 12.7. The SMILES string of the molecule is CC(O)C(NCc1ccco1)OCc1ccco1. The van der Waals surface area contributed by atoms with E-state index in [4.69, 9.17) is 13.6 Å². The summed E-state index contributed by atoms with van der Waals surface area (Å²) in [5.74, 6) is 1.52. The molecule has 0 saturated heterocycles. The largest absolute Gasteiger partial charge is 0.468 e. The molecule has 2 aromatic rings. The smallest absolute Gasteiger partial charge is 0.135 e. The van der Waals surface area contributed by atoms with Crippen molar-refractivity contribution >= 4 is 0 Å². The van der Waals surface area contributed by atoms with Crippen molar-refractivity contribution in [2.24, 2.45) is 0 Å². The van der Waals surface area contributed by atoms with Crippen molar-refractivity contribution in [2.45, 2.75) is 32.4 Å². The van der Waals surface area contributed by atoms with Crippen LogP contribution >= 0.6 is 0 Å². The monoisotopic (exact) mass is 251 g/mol. The van der Waals surface area contributed by atoms with Crippen LogP contribution in [0.1, 0.15) is 18.4 Å². The molecule has 2 atom stereocenters. The van der Waals surface area contributed by atoms with Crippen molar-refractivity contribution in [3.8, 4) is 0 Å². The Labute approximate surface area is 105 Å². The van der Waals surface area contributed by atoms with Gasteiger partial charge in [-0.05, 0) is 31.2 Å². The van der Waals surface area contributed by atoms with Gasteiger partial charge < -0.3 is 18.7 Å². The molecule has 5 nitrogen and oxygen atoms in total. The third-order valence-electron chi connectivity index (χ3n) is 2.48. The maximum Gasteiger partial charge on any atom is 0.135 e. The van der Waals surface area contributed by atoms with Crippen LogP contribution in [0.4, 0.5) is 0 Å². The molecule has 2 aromatic heterocycles. The van der Waals surface area contributed by atoms with Crippen molar-refractivity contribution in [2.75, 3.05) is 0 Å². The van der Waals surface area contributed by atoms with Crippen molar-refractivity contribution in [3.05, 3.63) is 48.3 Å². The Morgan fingerprint density at radius 2 is 1.89 bits per heavy atom. The molecular formula is C13H17NO4. The van der Waals surface area contributed by atoms with Gasteiger partial charge in [-0.15, -0.1) is 0 Å². The molecule has 18 heavy (non-hydrogen) atoms. The molecule has 0 saturated carbocycles. The Kier molecular flexibility index (Phi) is 4.58. The zero-order chi connectivity index (χ0) is 12.8. The first-order valence-electron chi connectivity index (χ1n) is 5.83. The molecule has 0 aromatic carbocycles. The fraction of sp³-hybridized carbons (Fsp3) is 0.385. The van der Waals surface area contributed by atoms with Crippen LogP contribution in [0.2, 0.25) is 0 Å². The van der Waals surface area contributed by atoms with Crippen molar-refractivity contribution in [3.63, 3.8) is 0 Å². The molecule has 0 fully saturated rings. The molecule has 0 radical (unpaired) electrons. The third-order valence-corrected chi connectivity index (χ3v) is 2.48. The molecule has 5 heteroatoms. The number of ether oxygens (including phenoxy) is 1. The van der Waals surface area contributed by atoms with Crippen LogP contribution in [0.5, 0.6) is 0 Å². The summed E-state index contributed by atoms with van der Waals surface area (Å²) in [6.07, 6.45) is 2.10. The highest BCUT2D eigenvalue weighted by Gasteiger charge is 2.16. The molecule has 2 rings (SSSR count). The van der Waals surface area contributed by atoms with Crippen LogP contribution < -0.4 is 5.32 Å².